The zero-order valence-corrected chi connectivity index (χ0v) is 43.9. The summed E-state index contributed by atoms with van der Waals surface area (Å²) in [6.45, 7) is 7.83. The number of alkyl halides is 15. The molecule has 0 aromatic rings. The number of hydrogen-bond acceptors (Lipinski definition) is 10. The second kappa shape index (κ2) is 35.7. The first kappa shape index (κ1) is 78.1. The maximum absolute atomic E-state index is 13.6. The van der Waals surface area contributed by atoms with Crippen molar-refractivity contribution in [1.82, 2.24) is 14.3 Å². The number of carboxylic acids is 2. The third-order valence-electron chi connectivity index (χ3n) is 8.33. The van der Waals surface area contributed by atoms with Gasteiger partial charge >= 0.3 is 54.3 Å². The van der Waals surface area contributed by atoms with E-state index in [1.165, 1.54) is 0 Å². The Morgan fingerprint density at radius 3 is 1.25 bits per heavy atom. The summed E-state index contributed by atoms with van der Waals surface area (Å²) >= 11 is 4.67. The molecule has 31 heteroatoms. The Hall–Kier alpha value is -1.31. The summed E-state index contributed by atoms with van der Waals surface area (Å²) < 4.78 is 231. The van der Waals surface area contributed by atoms with Gasteiger partial charge in [0.2, 0.25) is 31.4 Å². The molecule has 0 saturated heterocycles. The molecule has 0 radical (unpaired) electrons. The molecule has 4 unspecified atom stereocenters. The number of carboxylic acid groups (broad SMARTS) is 2. The fourth-order valence-electron chi connectivity index (χ4n) is 4.89. The van der Waals surface area contributed by atoms with Gasteiger partial charge in [-0.25, -0.2) is 35.1 Å². The number of hydrogen-bond donors (Lipinski definition) is 3. The molecule has 0 fully saturated rings. The second-order valence-electron chi connectivity index (χ2n) is 15.9. The topological polar surface area (TPSA) is 196 Å². The van der Waals surface area contributed by atoms with Crippen molar-refractivity contribution in [1.29, 1.82) is 0 Å². The smallest absolute Gasteiger partial charge is 0.549 e. The van der Waals surface area contributed by atoms with Crippen LogP contribution in [0.1, 0.15) is 79.1 Å². The molecule has 0 aliphatic heterocycles. The summed E-state index contributed by atoms with van der Waals surface area (Å²) in [6.07, 6.45) is -25.3. The Labute approximate surface area is 417 Å². The average Bonchev–Trinajstić information content (AvgIpc) is 3.10. The number of sulfonamides is 2. The summed E-state index contributed by atoms with van der Waals surface area (Å²) in [7, 11) is -1.11. The van der Waals surface area contributed by atoms with Crippen LogP contribution in [0.3, 0.4) is 0 Å². The molecular weight excluding hydrogens is 1030 g/mol. The van der Waals surface area contributed by atoms with Crippen molar-refractivity contribution >= 4 is 43.6 Å². The van der Waals surface area contributed by atoms with Crippen molar-refractivity contribution in [2.24, 2.45) is 11.8 Å². The molecule has 0 aliphatic carbocycles. The van der Waals surface area contributed by atoms with Crippen molar-refractivity contribution in [2.75, 3.05) is 84.9 Å². The zero-order chi connectivity index (χ0) is 54.5. The van der Waals surface area contributed by atoms with Gasteiger partial charge in [-0.05, 0) is 80.4 Å². The molecule has 13 nitrogen and oxygen atoms in total. The van der Waals surface area contributed by atoms with Gasteiger partial charge in [0.05, 0.1) is 61.8 Å². The molecule has 0 aromatic carbocycles. The summed E-state index contributed by atoms with van der Waals surface area (Å²) in [5.41, 5.74) is -8.06. The molecule has 0 bridgehead atoms. The predicted molar refractivity (Wildman–Crippen MR) is 221 cm³/mol. The van der Waals surface area contributed by atoms with Gasteiger partial charge < -0.3 is 34.3 Å². The van der Waals surface area contributed by atoms with Crippen molar-refractivity contribution in [3.63, 3.8) is 0 Å². The standard InChI is InChI=1S/C16H27F7N2O4S.C14H25F7N2O2S.C3H6.C2H3ClO2.C2H6O.Na/c1-14(17,16(21,22)23)10-12(15(18,19)20)6-4-9-30(28,29)24-7-5-8-25(2,3)11-13(26)27;1-12(15,14(19,20)21)10-11(13(16,17)18)6-4-9-26(24,25)22-7-5-8-23(2)3;1-3-2;3-1-2(4)5;1-2-3;/h12,24H,4-11H2,1-3H3;11,22H,4-10H2,1-3H3;3H,1H2,2H3;1H2,(H,4,5);3H,2H2,1H3;/q;;;;;+1/p-1. The molecule has 0 rings (SSSR count). The SMILES string of the molecule is C=CC.CC(F)(CC(CCCS(=O)(=O)NCCC[N+](C)(C)CC(=O)[O-])C(F)(F)F)C(F)(F)F.CCO.CN(C)CCCNS(=O)(=O)CCCC(CC(C)(F)C(F)(F)F)C(F)(F)F.O=C([O-])CCl.[Na+]. The van der Waals surface area contributed by atoms with Gasteiger partial charge in [0.15, 0.2) is 0 Å². The first-order chi connectivity index (χ1) is 29.8. The number of aliphatic carboxylic acids is 2. The van der Waals surface area contributed by atoms with Gasteiger partial charge in [-0.1, -0.05) is 6.08 Å². The largest absolute Gasteiger partial charge is 1.00 e. The Bertz CT molecular complexity index is 1590. The molecule has 0 spiro atoms. The van der Waals surface area contributed by atoms with Gasteiger partial charge in [-0.2, -0.15) is 52.7 Å². The van der Waals surface area contributed by atoms with Gasteiger partial charge in [-0.3, -0.25) is 0 Å². The van der Waals surface area contributed by atoms with E-state index in [1.54, 1.807) is 41.2 Å². The summed E-state index contributed by atoms with van der Waals surface area (Å²) in [6, 6.07) is 0. The molecule has 0 amide bonds. The second-order valence-corrected chi connectivity index (χ2v) is 20.0. The third-order valence-corrected chi connectivity index (χ3v) is 11.5. The minimum absolute atomic E-state index is 0. The van der Waals surface area contributed by atoms with Gasteiger partial charge in [0, 0.05) is 39.0 Å². The van der Waals surface area contributed by atoms with Crippen LogP contribution < -0.4 is 49.2 Å². The van der Waals surface area contributed by atoms with E-state index in [0.717, 1.165) is 0 Å². The molecule has 3 N–H and O–H groups in total. The monoisotopic (exact) mass is 1100 g/mol. The van der Waals surface area contributed by atoms with Crippen LogP contribution in [0.2, 0.25) is 0 Å². The van der Waals surface area contributed by atoms with Crippen molar-refractivity contribution in [2.45, 2.75) is 115 Å². The van der Waals surface area contributed by atoms with Crippen LogP contribution in [0.4, 0.5) is 61.5 Å². The van der Waals surface area contributed by atoms with Crippen LogP contribution in [0.15, 0.2) is 12.7 Å². The molecule has 0 heterocycles. The van der Waals surface area contributed by atoms with Crippen LogP contribution in [0.5, 0.6) is 0 Å². The molecule has 4 atom stereocenters. The first-order valence-electron chi connectivity index (χ1n) is 20.0. The van der Waals surface area contributed by atoms with Crippen LogP contribution in [0, 0.1) is 11.8 Å². The molecular formula is C37H66ClF14N4NaO9S2. The number of carbonyl (C=O) groups is 2. The average molecular weight is 1100 g/mol. The van der Waals surface area contributed by atoms with Crippen LogP contribution in [0.25, 0.3) is 0 Å². The van der Waals surface area contributed by atoms with E-state index in [0.29, 0.717) is 13.0 Å². The molecule has 0 aromatic heterocycles. The number of halogens is 15. The van der Waals surface area contributed by atoms with Crippen molar-refractivity contribution < 1.29 is 137 Å². The number of nitrogens with zero attached hydrogens (tertiary/aromatic N) is 2. The number of aliphatic hydroxyl groups is 1. The number of carbonyl (C=O) groups excluding carboxylic acids is 2. The number of nitrogens with one attached hydrogen (secondary N) is 2. The van der Waals surface area contributed by atoms with Gasteiger partial charge in [0.1, 0.15) is 6.54 Å². The maximum Gasteiger partial charge on any atom is 1.00 e. The molecule has 0 aliphatic rings. The zero-order valence-electron chi connectivity index (χ0n) is 39.6. The van der Waals surface area contributed by atoms with Crippen LogP contribution in [-0.2, 0) is 29.6 Å². The van der Waals surface area contributed by atoms with E-state index in [9.17, 15) is 88.2 Å². The number of quaternary nitrogens is 1. The van der Waals surface area contributed by atoms with Crippen LogP contribution in [-0.4, -0.2) is 164 Å². The quantitative estimate of drug-likeness (QED) is 0.0305. The van der Waals surface area contributed by atoms with E-state index in [2.05, 4.69) is 27.6 Å². The van der Waals surface area contributed by atoms with E-state index in [4.69, 9.17) is 15.0 Å². The Kier molecular flexibility index (Phi) is 41.1. The molecule has 0 saturated carbocycles. The summed E-state index contributed by atoms with van der Waals surface area (Å²) in [4.78, 5) is 21.5. The molecule has 406 valence electrons. The Balaban J connectivity index is -0.000000230. The first-order valence-corrected chi connectivity index (χ1v) is 23.8. The fourth-order valence-corrected chi connectivity index (χ4v) is 7.18. The van der Waals surface area contributed by atoms with E-state index < -0.39 is 136 Å². The van der Waals surface area contributed by atoms with E-state index >= 15 is 0 Å². The number of rotatable bonds is 25. The van der Waals surface area contributed by atoms with Crippen molar-refractivity contribution in [3.8, 4) is 0 Å². The third kappa shape index (κ3) is 44.6. The number of aliphatic hydroxyl groups excluding tert-OH is 1. The minimum atomic E-state index is -5.48. The minimum Gasteiger partial charge on any atom is -0.549 e. The molecule has 68 heavy (non-hydrogen) atoms. The number of likely N-dealkylation sites (N-methyl/N-ethyl adjacent to an activating group) is 1. The summed E-state index contributed by atoms with van der Waals surface area (Å²) in [5, 5.41) is 27.3. The maximum atomic E-state index is 13.6. The predicted octanol–water partition coefficient (Wildman–Crippen LogP) is 2.43. The van der Waals surface area contributed by atoms with E-state index in [-0.39, 0.29) is 87.1 Å². The Morgan fingerprint density at radius 2 is 1.01 bits per heavy atom. The van der Waals surface area contributed by atoms with Gasteiger partial charge in [-0.15, -0.1) is 18.2 Å². The van der Waals surface area contributed by atoms with E-state index in [1.807, 2.05) is 11.8 Å². The van der Waals surface area contributed by atoms with Crippen molar-refractivity contribution in [3.05, 3.63) is 12.7 Å². The fraction of sp³-hybridized carbons (Fsp3) is 0.892. The Morgan fingerprint density at radius 1 is 0.721 bits per heavy atom. The number of allylic oxidation sites excluding steroid dienone is 1. The summed E-state index contributed by atoms with van der Waals surface area (Å²) in [5.74, 6) is -9.60. The van der Waals surface area contributed by atoms with Crippen LogP contribution >= 0.6 is 11.6 Å². The van der Waals surface area contributed by atoms with Gasteiger partial charge in [0.25, 0.3) is 0 Å². The normalized spacial score (nSPS) is 15.1.